The molecule has 0 spiro atoms. The van der Waals surface area contributed by atoms with Crippen LogP contribution < -0.4 is 0 Å². The number of carbonyl (C=O) groups is 1. The molecule has 0 atom stereocenters. The Labute approximate surface area is 132 Å². The number of halogens is 2. The van der Waals surface area contributed by atoms with Crippen LogP contribution in [0.4, 0.5) is 0 Å². The van der Waals surface area contributed by atoms with E-state index in [-0.39, 0.29) is 12.2 Å². The molecule has 1 aromatic heterocycles. The van der Waals surface area contributed by atoms with Gasteiger partial charge in [-0.3, -0.25) is 9.78 Å². The van der Waals surface area contributed by atoms with Crippen molar-refractivity contribution in [2.75, 3.05) is 0 Å². The van der Waals surface area contributed by atoms with E-state index in [9.17, 15) is 4.79 Å². The average molecular weight is 316 g/mol. The molecule has 0 saturated heterocycles. The number of fused-ring (bicyclic) bond motifs is 1. The minimum atomic E-state index is -0.00207. The van der Waals surface area contributed by atoms with Gasteiger partial charge in [0.1, 0.15) is 0 Å². The van der Waals surface area contributed by atoms with E-state index in [0.717, 1.165) is 16.5 Å². The number of nitrogens with zero attached hydrogens (tertiary/aromatic N) is 1. The summed E-state index contributed by atoms with van der Waals surface area (Å²) in [5, 5.41) is 1.75. The van der Waals surface area contributed by atoms with Crippen molar-refractivity contribution in [1.29, 1.82) is 0 Å². The molecule has 0 amide bonds. The fourth-order valence-electron chi connectivity index (χ4n) is 2.30. The molecule has 21 heavy (non-hydrogen) atoms. The molecule has 0 saturated carbocycles. The number of hydrogen-bond donors (Lipinski definition) is 0. The third-order valence-electron chi connectivity index (χ3n) is 3.33. The van der Waals surface area contributed by atoms with Crippen molar-refractivity contribution in [2.24, 2.45) is 0 Å². The molecule has 4 heteroatoms. The van der Waals surface area contributed by atoms with Crippen LogP contribution in [0.1, 0.15) is 15.9 Å². The summed E-state index contributed by atoms with van der Waals surface area (Å²) in [6, 6.07) is 14.6. The third-order valence-corrected chi connectivity index (χ3v) is 4.19. The Morgan fingerprint density at radius 1 is 1.00 bits per heavy atom. The molecule has 0 radical (unpaired) electrons. The van der Waals surface area contributed by atoms with Crippen LogP contribution in [0.5, 0.6) is 0 Å². The fraction of sp³-hybridized carbons (Fsp3) is 0.0588. The first-order valence-corrected chi connectivity index (χ1v) is 7.22. The summed E-state index contributed by atoms with van der Waals surface area (Å²) in [7, 11) is 0. The summed E-state index contributed by atoms with van der Waals surface area (Å²) >= 11 is 12.1. The van der Waals surface area contributed by atoms with Crippen molar-refractivity contribution in [1.82, 2.24) is 4.98 Å². The Hall–Kier alpha value is -1.90. The maximum absolute atomic E-state index is 12.6. The Morgan fingerprint density at radius 2 is 1.81 bits per heavy atom. The second-order valence-electron chi connectivity index (χ2n) is 4.69. The Balaban J connectivity index is 2.00. The summed E-state index contributed by atoms with van der Waals surface area (Å²) in [4.78, 5) is 16.8. The van der Waals surface area contributed by atoms with Gasteiger partial charge in [0, 0.05) is 23.6 Å². The quantitative estimate of drug-likeness (QED) is 0.639. The lowest BCUT2D eigenvalue weighted by Crippen LogP contribution is -2.05. The van der Waals surface area contributed by atoms with Crippen LogP contribution in [0.25, 0.3) is 10.9 Å². The zero-order valence-electron chi connectivity index (χ0n) is 11.0. The number of ketones is 1. The van der Waals surface area contributed by atoms with Crippen molar-refractivity contribution < 1.29 is 4.79 Å². The number of rotatable bonds is 3. The molecule has 0 bridgehead atoms. The standard InChI is InChI=1S/C17H11Cl2NO/c18-14-7-1-4-11(17(14)19)10-16(21)13-5-2-8-15-12(13)6-3-9-20-15/h1-9H,10H2. The largest absolute Gasteiger partial charge is 0.294 e. The molecule has 0 fully saturated rings. The SMILES string of the molecule is O=C(Cc1cccc(Cl)c1Cl)c1cccc2ncccc12. The monoisotopic (exact) mass is 315 g/mol. The number of hydrogen-bond acceptors (Lipinski definition) is 2. The summed E-state index contributed by atoms with van der Waals surface area (Å²) in [5.41, 5.74) is 2.19. The molecule has 0 aliphatic heterocycles. The molecule has 3 rings (SSSR count). The van der Waals surface area contributed by atoms with E-state index in [2.05, 4.69) is 4.98 Å². The molecule has 2 aromatic carbocycles. The highest BCUT2D eigenvalue weighted by atomic mass is 35.5. The maximum atomic E-state index is 12.6. The van der Waals surface area contributed by atoms with Crippen molar-refractivity contribution in [2.45, 2.75) is 6.42 Å². The highest BCUT2D eigenvalue weighted by molar-refractivity contribution is 6.42. The van der Waals surface area contributed by atoms with E-state index in [1.165, 1.54) is 0 Å². The van der Waals surface area contributed by atoms with Gasteiger partial charge < -0.3 is 0 Å². The number of Topliss-reactive ketones (excluding diaryl/α,β-unsaturated/α-hetero) is 1. The summed E-state index contributed by atoms with van der Waals surface area (Å²) in [6.45, 7) is 0. The third kappa shape index (κ3) is 2.78. The molecular formula is C17H11Cl2NO. The highest BCUT2D eigenvalue weighted by Gasteiger charge is 2.13. The van der Waals surface area contributed by atoms with Gasteiger partial charge in [0.05, 0.1) is 15.6 Å². The molecular weight excluding hydrogens is 305 g/mol. The number of aromatic nitrogens is 1. The zero-order chi connectivity index (χ0) is 14.8. The Bertz CT molecular complexity index is 825. The fourth-order valence-corrected chi connectivity index (χ4v) is 2.69. The first-order chi connectivity index (χ1) is 10.2. The lowest BCUT2D eigenvalue weighted by Gasteiger charge is -2.07. The smallest absolute Gasteiger partial charge is 0.167 e. The number of pyridine rings is 1. The van der Waals surface area contributed by atoms with Crippen molar-refractivity contribution >= 4 is 39.9 Å². The van der Waals surface area contributed by atoms with Crippen LogP contribution >= 0.6 is 23.2 Å². The predicted molar refractivity (Wildman–Crippen MR) is 86.2 cm³/mol. The second kappa shape index (κ2) is 5.84. The van der Waals surface area contributed by atoms with Crippen LogP contribution in [0.15, 0.2) is 54.7 Å². The molecule has 0 aliphatic carbocycles. The molecule has 3 aromatic rings. The van der Waals surface area contributed by atoms with Crippen molar-refractivity contribution in [3.63, 3.8) is 0 Å². The van der Waals surface area contributed by atoms with Gasteiger partial charge in [-0.05, 0) is 23.8 Å². The van der Waals surface area contributed by atoms with Crippen LogP contribution in [0, 0.1) is 0 Å². The normalized spacial score (nSPS) is 10.8. The number of benzene rings is 2. The van der Waals surface area contributed by atoms with Gasteiger partial charge >= 0.3 is 0 Å². The molecule has 104 valence electrons. The maximum Gasteiger partial charge on any atom is 0.167 e. The first-order valence-electron chi connectivity index (χ1n) is 6.46. The van der Waals surface area contributed by atoms with Gasteiger partial charge in [-0.15, -0.1) is 0 Å². The minimum Gasteiger partial charge on any atom is -0.294 e. The van der Waals surface area contributed by atoms with Gasteiger partial charge in [-0.2, -0.15) is 0 Å². The minimum absolute atomic E-state index is 0.00207. The summed E-state index contributed by atoms with van der Waals surface area (Å²) < 4.78 is 0. The first kappa shape index (κ1) is 14.1. The van der Waals surface area contributed by atoms with Crippen molar-refractivity contribution in [3.05, 3.63) is 75.9 Å². The van der Waals surface area contributed by atoms with E-state index >= 15 is 0 Å². The molecule has 0 N–H and O–H groups in total. The van der Waals surface area contributed by atoms with Crippen LogP contribution in [0.2, 0.25) is 10.0 Å². The van der Waals surface area contributed by atoms with Crippen LogP contribution in [0.3, 0.4) is 0 Å². The topological polar surface area (TPSA) is 30.0 Å². The van der Waals surface area contributed by atoms with E-state index in [4.69, 9.17) is 23.2 Å². The van der Waals surface area contributed by atoms with E-state index in [1.54, 1.807) is 18.3 Å². The lowest BCUT2D eigenvalue weighted by atomic mass is 9.99. The number of carbonyl (C=O) groups excluding carboxylic acids is 1. The van der Waals surface area contributed by atoms with Gasteiger partial charge in [-0.1, -0.05) is 53.5 Å². The lowest BCUT2D eigenvalue weighted by molar-refractivity contribution is 0.0994. The molecule has 1 heterocycles. The van der Waals surface area contributed by atoms with Crippen molar-refractivity contribution in [3.8, 4) is 0 Å². The summed E-state index contributed by atoms with van der Waals surface area (Å²) in [5.74, 6) is -0.00207. The highest BCUT2D eigenvalue weighted by Crippen LogP contribution is 2.27. The van der Waals surface area contributed by atoms with E-state index in [0.29, 0.717) is 15.6 Å². The van der Waals surface area contributed by atoms with Gasteiger partial charge in [0.15, 0.2) is 5.78 Å². The molecule has 2 nitrogen and oxygen atoms in total. The zero-order valence-corrected chi connectivity index (χ0v) is 12.5. The van der Waals surface area contributed by atoms with E-state index in [1.807, 2.05) is 36.4 Å². The summed E-state index contributed by atoms with van der Waals surface area (Å²) in [6.07, 6.45) is 1.93. The van der Waals surface area contributed by atoms with Gasteiger partial charge in [-0.25, -0.2) is 0 Å². The Morgan fingerprint density at radius 3 is 2.67 bits per heavy atom. The van der Waals surface area contributed by atoms with Crippen LogP contribution in [-0.4, -0.2) is 10.8 Å². The molecule has 0 aliphatic rings. The Kier molecular flexibility index (Phi) is 3.91. The molecule has 0 unspecified atom stereocenters. The van der Waals surface area contributed by atoms with Gasteiger partial charge in [0.2, 0.25) is 0 Å². The van der Waals surface area contributed by atoms with E-state index < -0.39 is 0 Å². The van der Waals surface area contributed by atoms with Gasteiger partial charge in [0.25, 0.3) is 0 Å². The second-order valence-corrected chi connectivity index (χ2v) is 5.47. The average Bonchev–Trinajstić information content (AvgIpc) is 2.51. The predicted octanol–water partition coefficient (Wildman–Crippen LogP) is 4.97. The van der Waals surface area contributed by atoms with Crippen LogP contribution in [-0.2, 0) is 6.42 Å².